The van der Waals surface area contributed by atoms with Crippen molar-refractivity contribution in [2.45, 2.75) is 31.3 Å². The number of fused-ring (bicyclic) bond motifs is 1. The van der Waals surface area contributed by atoms with Crippen LogP contribution in [0.1, 0.15) is 23.1 Å². The average molecular weight is 440 g/mol. The maximum Gasteiger partial charge on any atom is 0.316 e. The first-order chi connectivity index (χ1) is 15.7. The number of nitrogens with zero attached hydrogens (tertiary/aromatic N) is 2. The summed E-state index contributed by atoms with van der Waals surface area (Å²) < 4.78 is 12.0. The summed E-state index contributed by atoms with van der Waals surface area (Å²) in [5.74, 6) is 0.955. The molecule has 33 heavy (non-hydrogen) atoms. The molecule has 5 heteroatoms. The van der Waals surface area contributed by atoms with Crippen molar-refractivity contribution in [2.24, 2.45) is 0 Å². The van der Waals surface area contributed by atoms with Gasteiger partial charge in [0, 0.05) is 36.4 Å². The lowest BCUT2D eigenvalue weighted by Gasteiger charge is -2.40. The van der Waals surface area contributed by atoms with E-state index in [1.807, 2.05) is 12.4 Å². The third-order valence-electron chi connectivity index (χ3n) is 6.15. The largest absolute Gasteiger partial charge is 0.486 e. The van der Waals surface area contributed by atoms with E-state index in [1.165, 1.54) is 16.7 Å². The van der Waals surface area contributed by atoms with Crippen LogP contribution in [0.4, 0.5) is 0 Å². The fraction of sp³-hybridized carbons (Fsp3) is 0.214. The lowest BCUT2D eigenvalue weighted by atomic mass is 9.80. The second kappa shape index (κ2) is 9.84. The fourth-order valence-electron chi connectivity index (χ4n) is 4.63. The smallest absolute Gasteiger partial charge is 0.316 e. The van der Waals surface area contributed by atoms with Crippen molar-refractivity contribution < 1.29 is 9.47 Å². The Morgan fingerprint density at radius 2 is 1.42 bits per heavy atom. The summed E-state index contributed by atoms with van der Waals surface area (Å²) in [5.41, 5.74) is 5.63. The minimum atomic E-state index is -0.287. The van der Waals surface area contributed by atoms with Gasteiger partial charge < -0.3 is 15.6 Å². The molecule has 0 radical (unpaired) electrons. The van der Waals surface area contributed by atoms with Crippen molar-refractivity contribution in [3.05, 3.63) is 108 Å². The third-order valence-corrected chi connectivity index (χ3v) is 6.15. The van der Waals surface area contributed by atoms with Gasteiger partial charge in [-0.1, -0.05) is 72.8 Å². The lowest BCUT2D eigenvalue weighted by Crippen LogP contribution is -2.44. The van der Waals surface area contributed by atoms with Gasteiger partial charge in [0.2, 0.25) is 0 Å². The van der Waals surface area contributed by atoms with Crippen LogP contribution in [0.15, 0.2) is 91.3 Å². The number of methoxy groups -OCH3 is 1. The topological polar surface area (TPSA) is 79.2 Å². The normalized spacial score (nSPS) is 13.8. The molecule has 2 heterocycles. The Kier molecular flexibility index (Phi) is 6.71. The van der Waals surface area contributed by atoms with E-state index < -0.39 is 0 Å². The quantitative estimate of drug-likeness (QED) is 0.407. The molecule has 0 saturated heterocycles. The summed E-state index contributed by atoms with van der Waals surface area (Å²) >= 11 is 0. The molecule has 0 bridgehead atoms. The zero-order valence-corrected chi connectivity index (χ0v) is 18.9. The van der Waals surface area contributed by atoms with Crippen molar-refractivity contribution >= 4 is 0 Å². The van der Waals surface area contributed by atoms with Crippen molar-refractivity contribution in [3.63, 3.8) is 0 Å². The SMILES string of the molecule is COc1ncc(-c2cccc3c2CCC(Cc2ccccc2)(Cc2ccccc2)O3)cn1.N. The monoisotopic (exact) mass is 439 g/mol. The summed E-state index contributed by atoms with van der Waals surface area (Å²) in [7, 11) is 1.58. The van der Waals surface area contributed by atoms with Gasteiger partial charge in [0.15, 0.2) is 0 Å². The molecule has 168 valence electrons. The highest BCUT2D eigenvalue weighted by Crippen LogP contribution is 2.41. The Bertz CT molecular complexity index is 1140. The van der Waals surface area contributed by atoms with Crippen LogP contribution in [0.3, 0.4) is 0 Å². The Morgan fingerprint density at radius 1 is 0.818 bits per heavy atom. The van der Waals surface area contributed by atoms with E-state index in [0.717, 1.165) is 42.6 Å². The Labute approximate surface area is 195 Å². The number of ether oxygens (including phenoxy) is 2. The molecule has 5 nitrogen and oxygen atoms in total. The Balaban J connectivity index is 0.00000259. The molecule has 0 atom stereocenters. The van der Waals surface area contributed by atoms with Gasteiger partial charge in [-0.2, -0.15) is 0 Å². The standard InChI is InChI=1S/C28H26N2O2.H3N/c1-31-27-29-19-23(20-30-27)24-13-8-14-26-25(24)15-16-28(32-26,17-21-9-4-2-5-10-21)18-22-11-6-3-7-12-22;/h2-14,19-20H,15-18H2,1H3;1H3. The molecule has 4 aromatic rings. The molecule has 5 rings (SSSR count). The maximum absolute atomic E-state index is 6.87. The first-order valence-electron chi connectivity index (χ1n) is 11.0. The van der Waals surface area contributed by atoms with Gasteiger partial charge in [-0.05, 0) is 35.6 Å². The highest BCUT2D eigenvalue weighted by molar-refractivity contribution is 5.69. The Hall–Kier alpha value is -3.70. The molecule has 0 unspecified atom stereocenters. The molecule has 0 aliphatic carbocycles. The third kappa shape index (κ3) is 4.89. The van der Waals surface area contributed by atoms with Crippen LogP contribution in [0, 0.1) is 0 Å². The first-order valence-corrected chi connectivity index (χ1v) is 11.0. The highest BCUT2D eigenvalue weighted by atomic mass is 16.5. The maximum atomic E-state index is 6.87. The summed E-state index contributed by atoms with van der Waals surface area (Å²) in [4.78, 5) is 8.58. The van der Waals surface area contributed by atoms with E-state index in [2.05, 4.69) is 88.8 Å². The van der Waals surface area contributed by atoms with Crippen molar-refractivity contribution in [1.82, 2.24) is 16.1 Å². The van der Waals surface area contributed by atoms with Crippen LogP contribution in [0.5, 0.6) is 11.8 Å². The minimum absolute atomic E-state index is 0. The first kappa shape index (κ1) is 22.5. The van der Waals surface area contributed by atoms with Gasteiger partial charge in [-0.15, -0.1) is 0 Å². The van der Waals surface area contributed by atoms with Gasteiger partial charge in [0.05, 0.1) is 7.11 Å². The van der Waals surface area contributed by atoms with Crippen LogP contribution in [0.25, 0.3) is 11.1 Å². The summed E-state index contributed by atoms with van der Waals surface area (Å²) in [6.07, 6.45) is 7.26. The average Bonchev–Trinajstić information content (AvgIpc) is 2.85. The minimum Gasteiger partial charge on any atom is -0.486 e. The fourth-order valence-corrected chi connectivity index (χ4v) is 4.63. The summed E-state index contributed by atoms with van der Waals surface area (Å²) in [6.45, 7) is 0. The van der Waals surface area contributed by atoms with E-state index in [4.69, 9.17) is 9.47 Å². The van der Waals surface area contributed by atoms with Crippen LogP contribution < -0.4 is 15.6 Å². The van der Waals surface area contributed by atoms with Crippen molar-refractivity contribution in [1.29, 1.82) is 0 Å². The van der Waals surface area contributed by atoms with E-state index in [9.17, 15) is 0 Å². The molecule has 1 aromatic heterocycles. The second-order valence-electron chi connectivity index (χ2n) is 8.35. The van der Waals surface area contributed by atoms with Gasteiger partial charge in [-0.3, -0.25) is 0 Å². The van der Waals surface area contributed by atoms with Crippen LogP contribution in [0.2, 0.25) is 0 Å². The van der Waals surface area contributed by atoms with Crippen LogP contribution in [-0.2, 0) is 19.3 Å². The van der Waals surface area contributed by atoms with Crippen LogP contribution in [-0.4, -0.2) is 22.7 Å². The number of benzene rings is 3. The predicted molar refractivity (Wildman–Crippen MR) is 131 cm³/mol. The molecular formula is C28H29N3O2. The zero-order valence-electron chi connectivity index (χ0n) is 18.9. The number of rotatable bonds is 6. The second-order valence-corrected chi connectivity index (χ2v) is 8.35. The molecular weight excluding hydrogens is 410 g/mol. The zero-order chi connectivity index (χ0) is 21.8. The van der Waals surface area contributed by atoms with Gasteiger partial charge in [0.1, 0.15) is 11.4 Å². The number of hydrogen-bond acceptors (Lipinski definition) is 5. The molecule has 0 saturated carbocycles. The number of aromatic nitrogens is 2. The van der Waals surface area contributed by atoms with Crippen LogP contribution >= 0.6 is 0 Å². The van der Waals surface area contributed by atoms with E-state index >= 15 is 0 Å². The molecule has 3 aromatic carbocycles. The Morgan fingerprint density at radius 3 is 2.00 bits per heavy atom. The molecule has 3 N–H and O–H groups in total. The van der Waals surface area contributed by atoms with Gasteiger partial charge >= 0.3 is 6.01 Å². The molecule has 0 spiro atoms. The summed E-state index contributed by atoms with van der Waals surface area (Å²) in [6, 6.07) is 27.9. The van der Waals surface area contributed by atoms with E-state index in [0.29, 0.717) is 6.01 Å². The highest BCUT2D eigenvalue weighted by Gasteiger charge is 2.37. The molecule has 1 aliphatic heterocycles. The molecule has 1 aliphatic rings. The van der Waals surface area contributed by atoms with Gasteiger partial charge in [-0.25, -0.2) is 9.97 Å². The van der Waals surface area contributed by atoms with Crippen molar-refractivity contribution in [2.75, 3.05) is 7.11 Å². The predicted octanol–water partition coefficient (Wildman–Crippen LogP) is 5.86. The summed E-state index contributed by atoms with van der Waals surface area (Å²) in [5, 5.41) is 0. The lowest BCUT2D eigenvalue weighted by molar-refractivity contribution is 0.0466. The number of hydrogen-bond donors (Lipinski definition) is 1. The van der Waals surface area contributed by atoms with Gasteiger partial charge in [0.25, 0.3) is 0 Å². The van der Waals surface area contributed by atoms with E-state index in [-0.39, 0.29) is 11.8 Å². The molecule has 0 amide bonds. The van der Waals surface area contributed by atoms with E-state index in [1.54, 1.807) is 7.11 Å². The van der Waals surface area contributed by atoms with Crippen molar-refractivity contribution in [3.8, 4) is 22.9 Å². The molecule has 0 fully saturated rings.